The lowest BCUT2D eigenvalue weighted by molar-refractivity contribution is -0.0833. The zero-order chi connectivity index (χ0) is 8.85. The summed E-state index contributed by atoms with van der Waals surface area (Å²) in [6, 6.07) is 0. The summed E-state index contributed by atoms with van der Waals surface area (Å²) in [6.07, 6.45) is -3.65. The smallest absolute Gasteiger partial charge is 0.450 e. The van der Waals surface area contributed by atoms with Gasteiger partial charge in [-0.25, -0.2) is 9.59 Å². The molecule has 1 N–H and O–H groups in total. The van der Waals surface area contributed by atoms with Crippen molar-refractivity contribution in [1.29, 1.82) is 0 Å². The Morgan fingerprint density at radius 2 is 1.91 bits per heavy atom. The second-order valence-electron chi connectivity index (χ2n) is 1.52. The monoisotopic (exact) mass is 164 g/mol. The highest BCUT2D eigenvalue weighted by molar-refractivity contribution is 5.60. The van der Waals surface area contributed by atoms with Crippen LogP contribution in [0, 0.1) is 0 Å². The molecule has 0 aliphatic heterocycles. The molecule has 0 saturated heterocycles. The lowest BCUT2D eigenvalue weighted by Gasteiger charge is -2.09. The molecule has 0 fully saturated rings. The van der Waals surface area contributed by atoms with Gasteiger partial charge in [0.15, 0.2) is 0 Å². The summed E-state index contributed by atoms with van der Waals surface area (Å²) in [5.74, 6) is 0. The third kappa shape index (κ3) is 5.01. The van der Waals surface area contributed by atoms with Crippen LogP contribution in [0.3, 0.4) is 0 Å². The van der Waals surface area contributed by atoms with E-state index in [1.165, 1.54) is 6.92 Å². The van der Waals surface area contributed by atoms with E-state index in [1.54, 1.807) is 0 Å². The average Bonchev–Trinajstić information content (AvgIpc) is 1.85. The van der Waals surface area contributed by atoms with Crippen LogP contribution in [0.15, 0.2) is 0 Å². The maximum Gasteiger partial charge on any atom is 0.511 e. The number of methoxy groups -OCH3 is 1. The fraction of sp³-hybridized carbons (Fsp3) is 0.600. The first kappa shape index (κ1) is 9.54. The summed E-state index contributed by atoms with van der Waals surface area (Å²) in [5, 5.41) is 8.02. The summed E-state index contributed by atoms with van der Waals surface area (Å²) in [4.78, 5) is 20.1. The second kappa shape index (κ2) is 4.37. The van der Waals surface area contributed by atoms with E-state index in [9.17, 15) is 9.59 Å². The van der Waals surface area contributed by atoms with Gasteiger partial charge in [0.1, 0.15) is 0 Å². The molecule has 0 rings (SSSR count). The minimum atomic E-state index is -1.51. The van der Waals surface area contributed by atoms with Gasteiger partial charge in [-0.3, -0.25) is 0 Å². The summed E-state index contributed by atoms with van der Waals surface area (Å²) >= 11 is 0. The van der Waals surface area contributed by atoms with Crippen molar-refractivity contribution in [2.45, 2.75) is 13.2 Å². The molecule has 0 amide bonds. The molecule has 6 heteroatoms. The molecule has 0 aromatic rings. The Balaban J connectivity index is 3.60. The molecule has 1 atom stereocenters. The van der Waals surface area contributed by atoms with Crippen molar-refractivity contribution < 1.29 is 28.9 Å². The molecule has 64 valence electrons. The molecule has 0 aliphatic carbocycles. The molecule has 0 heterocycles. The van der Waals surface area contributed by atoms with E-state index in [4.69, 9.17) is 5.11 Å². The molecule has 0 saturated carbocycles. The third-order valence-electron chi connectivity index (χ3n) is 0.696. The van der Waals surface area contributed by atoms with Crippen molar-refractivity contribution >= 4 is 12.3 Å². The van der Waals surface area contributed by atoms with Crippen LogP contribution in [0.4, 0.5) is 9.59 Å². The molecule has 0 aromatic carbocycles. The fourth-order valence-electron chi connectivity index (χ4n) is 0.350. The zero-order valence-corrected chi connectivity index (χ0v) is 6.07. The first-order valence-electron chi connectivity index (χ1n) is 2.70. The van der Waals surface area contributed by atoms with Gasteiger partial charge in [0.05, 0.1) is 7.11 Å². The van der Waals surface area contributed by atoms with Crippen LogP contribution in [0.5, 0.6) is 0 Å². The maximum atomic E-state index is 10.3. The predicted molar refractivity (Wildman–Crippen MR) is 32.1 cm³/mol. The zero-order valence-electron chi connectivity index (χ0n) is 6.07. The lowest BCUT2D eigenvalue weighted by atomic mass is 10.7. The molecular formula is C5H8O6. The van der Waals surface area contributed by atoms with Gasteiger partial charge >= 0.3 is 12.3 Å². The highest BCUT2D eigenvalue weighted by atomic mass is 16.8. The van der Waals surface area contributed by atoms with Crippen molar-refractivity contribution in [1.82, 2.24) is 0 Å². The Hall–Kier alpha value is -1.46. The lowest BCUT2D eigenvalue weighted by Crippen LogP contribution is -2.20. The number of hydrogen-bond donors (Lipinski definition) is 1. The Morgan fingerprint density at radius 1 is 1.36 bits per heavy atom. The highest BCUT2D eigenvalue weighted by Gasteiger charge is 2.12. The topological polar surface area (TPSA) is 82.1 Å². The van der Waals surface area contributed by atoms with E-state index in [-0.39, 0.29) is 0 Å². The van der Waals surface area contributed by atoms with Crippen LogP contribution in [-0.2, 0) is 14.2 Å². The van der Waals surface area contributed by atoms with Gasteiger partial charge in [0.2, 0.25) is 0 Å². The first-order chi connectivity index (χ1) is 5.06. The Kier molecular flexibility index (Phi) is 3.79. The Bertz CT molecular complexity index is 153. The fourth-order valence-corrected chi connectivity index (χ4v) is 0.350. The number of ether oxygens (including phenoxy) is 3. The first-order valence-corrected chi connectivity index (χ1v) is 2.70. The van der Waals surface area contributed by atoms with E-state index in [2.05, 4.69) is 14.2 Å². The molecule has 0 bridgehead atoms. The van der Waals surface area contributed by atoms with Gasteiger partial charge < -0.3 is 19.3 Å². The van der Waals surface area contributed by atoms with Crippen molar-refractivity contribution in [3.63, 3.8) is 0 Å². The summed E-state index contributed by atoms with van der Waals surface area (Å²) in [6.45, 7) is 1.25. The molecule has 0 aromatic heterocycles. The molecule has 0 spiro atoms. The van der Waals surface area contributed by atoms with E-state index in [0.29, 0.717) is 0 Å². The van der Waals surface area contributed by atoms with Crippen molar-refractivity contribution in [2.75, 3.05) is 7.11 Å². The number of hydrogen-bond acceptors (Lipinski definition) is 5. The van der Waals surface area contributed by atoms with Crippen LogP contribution in [0.25, 0.3) is 0 Å². The van der Waals surface area contributed by atoms with Gasteiger partial charge in [0.25, 0.3) is 6.29 Å². The standard InChI is InChI=1S/C5H8O6/c1-3(10-4(6)7)11-5(8)9-2/h3H,1-2H3,(H,6,7). The minimum Gasteiger partial charge on any atom is -0.450 e. The number of carbonyl (C=O) groups is 2. The number of carboxylic acid groups (broad SMARTS) is 1. The average molecular weight is 164 g/mol. The normalized spacial score (nSPS) is 11.5. The molecule has 11 heavy (non-hydrogen) atoms. The van der Waals surface area contributed by atoms with Crippen LogP contribution in [0.1, 0.15) is 6.92 Å². The van der Waals surface area contributed by atoms with Crippen molar-refractivity contribution in [3.05, 3.63) is 0 Å². The maximum absolute atomic E-state index is 10.3. The highest BCUT2D eigenvalue weighted by Crippen LogP contribution is 1.95. The van der Waals surface area contributed by atoms with Gasteiger partial charge in [-0.05, 0) is 0 Å². The largest absolute Gasteiger partial charge is 0.511 e. The van der Waals surface area contributed by atoms with Gasteiger partial charge in [0, 0.05) is 6.92 Å². The van der Waals surface area contributed by atoms with Gasteiger partial charge in [-0.15, -0.1) is 0 Å². The summed E-state index contributed by atoms with van der Waals surface area (Å²) in [7, 11) is 1.11. The van der Waals surface area contributed by atoms with Crippen LogP contribution >= 0.6 is 0 Å². The van der Waals surface area contributed by atoms with E-state index < -0.39 is 18.6 Å². The summed E-state index contributed by atoms with van der Waals surface area (Å²) in [5.41, 5.74) is 0. The molecule has 1 unspecified atom stereocenters. The molecule has 6 nitrogen and oxygen atoms in total. The predicted octanol–water partition coefficient (Wildman–Crippen LogP) is 0.810. The molecule has 0 aliphatic rings. The van der Waals surface area contributed by atoms with Crippen molar-refractivity contribution in [2.24, 2.45) is 0 Å². The Labute approximate surface area is 62.7 Å². The summed E-state index contributed by atoms with van der Waals surface area (Å²) < 4.78 is 12.3. The minimum absolute atomic E-state index is 0.987. The van der Waals surface area contributed by atoms with Crippen LogP contribution in [0.2, 0.25) is 0 Å². The van der Waals surface area contributed by atoms with Crippen molar-refractivity contribution in [3.8, 4) is 0 Å². The third-order valence-corrected chi connectivity index (χ3v) is 0.696. The molecular weight excluding hydrogens is 156 g/mol. The Morgan fingerprint density at radius 3 is 2.27 bits per heavy atom. The van der Waals surface area contributed by atoms with Crippen LogP contribution in [-0.4, -0.2) is 30.8 Å². The second-order valence-corrected chi connectivity index (χ2v) is 1.52. The van der Waals surface area contributed by atoms with E-state index in [1.807, 2.05) is 0 Å². The van der Waals surface area contributed by atoms with Gasteiger partial charge in [-0.2, -0.15) is 0 Å². The van der Waals surface area contributed by atoms with Gasteiger partial charge in [-0.1, -0.05) is 0 Å². The quantitative estimate of drug-likeness (QED) is 0.480. The van der Waals surface area contributed by atoms with E-state index >= 15 is 0 Å². The molecule has 0 radical (unpaired) electrons. The van der Waals surface area contributed by atoms with E-state index in [0.717, 1.165) is 7.11 Å². The number of carbonyl (C=O) groups excluding carboxylic acids is 1. The van der Waals surface area contributed by atoms with Crippen LogP contribution < -0.4 is 0 Å². The SMILES string of the molecule is COC(=O)OC(C)OC(=O)O. The number of rotatable bonds is 2.